The Bertz CT molecular complexity index is 350. The average Bonchev–Trinajstić information content (AvgIpc) is 2.66. The smallest absolute Gasteiger partial charge is 0.214 e. The van der Waals surface area contributed by atoms with Gasteiger partial charge < -0.3 is 10.5 Å². The third-order valence-electron chi connectivity index (χ3n) is 3.83. The minimum absolute atomic E-state index is 0.314. The number of rotatable bonds is 5. The number of ether oxygens (including phenoxy) is 1. The van der Waals surface area contributed by atoms with Crippen LogP contribution in [0.4, 0.5) is 0 Å². The number of hydrogen-bond acceptors (Lipinski definition) is 4. The molecule has 1 aliphatic heterocycles. The quantitative estimate of drug-likeness (QED) is 0.750. The molecule has 1 heterocycles. The van der Waals surface area contributed by atoms with Gasteiger partial charge in [0.2, 0.25) is 10.0 Å². The fourth-order valence-corrected chi connectivity index (χ4v) is 4.26. The van der Waals surface area contributed by atoms with Gasteiger partial charge in [0.1, 0.15) is 0 Å². The molecule has 5 nitrogen and oxygen atoms in total. The molecule has 0 aromatic rings. The van der Waals surface area contributed by atoms with Crippen molar-refractivity contribution < 1.29 is 13.2 Å². The lowest BCUT2D eigenvalue weighted by Gasteiger charge is -2.26. The van der Waals surface area contributed by atoms with Crippen LogP contribution in [-0.2, 0) is 14.8 Å². The van der Waals surface area contributed by atoms with Crippen molar-refractivity contribution >= 4 is 10.0 Å². The van der Waals surface area contributed by atoms with Crippen molar-refractivity contribution in [2.24, 2.45) is 5.73 Å². The van der Waals surface area contributed by atoms with Gasteiger partial charge in [0.15, 0.2) is 0 Å². The third kappa shape index (κ3) is 3.91. The van der Waals surface area contributed by atoms with E-state index in [9.17, 15) is 8.42 Å². The number of hydrogen-bond donors (Lipinski definition) is 1. The Hall–Kier alpha value is -0.170. The summed E-state index contributed by atoms with van der Waals surface area (Å²) < 4.78 is 30.5. The van der Waals surface area contributed by atoms with E-state index in [2.05, 4.69) is 0 Å². The number of nitrogens with zero attached hydrogens (tertiary/aromatic N) is 1. The summed E-state index contributed by atoms with van der Waals surface area (Å²) in [6.45, 7) is 1.95. The lowest BCUT2D eigenvalue weighted by atomic mass is 9.94. The van der Waals surface area contributed by atoms with Crippen molar-refractivity contribution in [1.82, 2.24) is 4.31 Å². The van der Waals surface area contributed by atoms with Crippen molar-refractivity contribution in [3.8, 4) is 0 Å². The Morgan fingerprint density at radius 2 is 1.94 bits per heavy atom. The first-order chi connectivity index (χ1) is 8.58. The highest BCUT2D eigenvalue weighted by Crippen LogP contribution is 2.20. The second kappa shape index (κ2) is 6.32. The Kier molecular flexibility index (Phi) is 5.00. The molecule has 2 rings (SSSR count). The molecule has 1 saturated heterocycles. The lowest BCUT2D eigenvalue weighted by Crippen LogP contribution is -2.31. The molecule has 2 aliphatic rings. The van der Waals surface area contributed by atoms with Crippen molar-refractivity contribution in [2.45, 2.75) is 50.7 Å². The molecule has 0 radical (unpaired) electrons. The predicted molar refractivity (Wildman–Crippen MR) is 70.8 cm³/mol. The minimum atomic E-state index is -2.94. The highest BCUT2D eigenvalue weighted by molar-refractivity contribution is 7.89. The molecule has 0 spiro atoms. The zero-order chi connectivity index (χ0) is 13.0. The first kappa shape index (κ1) is 14.2. The normalized spacial score (nSPS) is 32.7. The highest BCUT2D eigenvalue weighted by atomic mass is 32.2. The fourth-order valence-electron chi connectivity index (χ4n) is 2.69. The molecule has 0 bridgehead atoms. The maximum atomic E-state index is 11.6. The zero-order valence-electron chi connectivity index (χ0n) is 10.9. The summed E-state index contributed by atoms with van der Waals surface area (Å²) in [6.07, 6.45) is 6.08. The molecule has 1 aliphatic carbocycles. The van der Waals surface area contributed by atoms with Crippen LogP contribution in [0.5, 0.6) is 0 Å². The molecular formula is C12H24N2O3S. The number of nitrogens with two attached hydrogens (primary N) is 1. The van der Waals surface area contributed by atoms with E-state index in [0.717, 1.165) is 38.5 Å². The monoisotopic (exact) mass is 276 g/mol. The molecule has 0 atom stereocenters. The average molecular weight is 276 g/mol. The van der Waals surface area contributed by atoms with E-state index in [0.29, 0.717) is 37.6 Å². The van der Waals surface area contributed by atoms with Gasteiger partial charge in [-0.25, -0.2) is 12.7 Å². The summed E-state index contributed by atoms with van der Waals surface area (Å²) in [5, 5.41) is 0. The van der Waals surface area contributed by atoms with E-state index in [1.165, 1.54) is 0 Å². The summed E-state index contributed by atoms with van der Waals surface area (Å²) >= 11 is 0. The van der Waals surface area contributed by atoms with Crippen LogP contribution >= 0.6 is 0 Å². The second-order valence-corrected chi connectivity index (χ2v) is 7.42. The van der Waals surface area contributed by atoms with Crippen LogP contribution in [0.15, 0.2) is 0 Å². The van der Waals surface area contributed by atoms with Crippen LogP contribution in [0, 0.1) is 0 Å². The minimum Gasteiger partial charge on any atom is -0.378 e. The van der Waals surface area contributed by atoms with Crippen LogP contribution in [0.2, 0.25) is 0 Å². The maximum absolute atomic E-state index is 11.6. The second-order valence-electron chi connectivity index (χ2n) is 5.33. The fraction of sp³-hybridized carbons (Fsp3) is 1.00. The van der Waals surface area contributed by atoms with Gasteiger partial charge in [-0.05, 0) is 38.5 Å². The Balaban J connectivity index is 1.59. The van der Waals surface area contributed by atoms with Crippen LogP contribution in [0.1, 0.15) is 38.5 Å². The largest absolute Gasteiger partial charge is 0.378 e. The Morgan fingerprint density at radius 3 is 2.56 bits per heavy atom. The molecule has 6 heteroatoms. The van der Waals surface area contributed by atoms with E-state index < -0.39 is 10.0 Å². The van der Waals surface area contributed by atoms with Crippen LogP contribution in [0.3, 0.4) is 0 Å². The van der Waals surface area contributed by atoms with Gasteiger partial charge in [0.05, 0.1) is 11.9 Å². The van der Waals surface area contributed by atoms with Crippen molar-refractivity contribution in [1.29, 1.82) is 0 Å². The lowest BCUT2D eigenvalue weighted by molar-refractivity contribution is 0.0227. The first-order valence-corrected chi connectivity index (χ1v) is 8.54. The molecule has 0 unspecified atom stereocenters. The van der Waals surface area contributed by atoms with Crippen LogP contribution in [0.25, 0.3) is 0 Å². The first-order valence-electron chi connectivity index (χ1n) is 6.93. The van der Waals surface area contributed by atoms with E-state index in [-0.39, 0.29) is 0 Å². The molecular weight excluding hydrogens is 252 g/mol. The van der Waals surface area contributed by atoms with Gasteiger partial charge in [-0.15, -0.1) is 0 Å². The summed E-state index contributed by atoms with van der Waals surface area (Å²) in [4.78, 5) is 0. The van der Waals surface area contributed by atoms with Crippen molar-refractivity contribution in [2.75, 3.05) is 25.4 Å². The molecule has 2 N–H and O–H groups in total. The molecule has 106 valence electrons. The van der Waals surface area contributed by atoms with Gasteiger partial charge in [0, 0.05) is 25.7 Å². The standard InChI is InChI=1S/C12H24N2O3S/c13-11-3-5-12(6-4-11)17-9-1-7-14-8-2-10-18(14,15)16/h11-12H,1-10,13H2. The Morgan fingerprint density at radius 1 is 1.22 bits per heavy atom. The van der Waals surface area contributed by atoms with Gasteiger partial charge in [0.25, 0.3) is 0 Å². The summed E-state index contributed by atoms with van der Waals surface area (Å²) in [7, 11) is -2.94. The number of sulfonamides is 1. The van der Waals surface area contributed by atoms with E-state index in [1.807, 2.05) is 0 Å². The highest BCUT2D eigenvalue weighted by Gasteiger charge is 2.27. The Labute approximate surface area is 110 Å². The topological polar surface area (TPSA) is 72.6 Å². The van der Waals surface area contributed by atoms with Gasteiger partial charge in [-0.1, -0.05) is 0 Å². The maximum Gasteiger partial charge on any atom is 0.214 e. The van der Waals surface area contributed by atoms with Gasteiger partial charge in [-0.2, -0.15) is 0 Å². The SMILES string of the molecule is NC1CCC(OCCCN2CCCS2(=O)=O)CC1. The predicted octanol–water partition coefficient (Wildman–Crippen LogP) is 0.698. The molecule has 2 fully saturated rings. The van der Waals surface area contributed by atoms with E-state index in [1.54, 1.807) is 4.31 Å². The molecule has 0 aromatic heterocycles. The van der Waals surface area contributed by atoms with Crippen LogP contribution in [-0.4, -0.2) is 50.3 Å². The van der Waals surface area contributed by atoms with E-state index in [4.69, 9.17) is 10.5 Å². The van der Waals surface area contributed by atoms with Gasteiger partial charge in [-0.3, -0.25) is 0 Å². The molecule has 1 saturated carbocycles. The van der Waals surface area contributed by atoms with Crippen molar-refractivity contribution in [3.05, 3.63) is 0 Å². The van der Waals surface area contributed by atoms with Crippen molar-refractivity contribution in [3.63, 3.8) is 0 Å². The summed E-state index contributed by atoms with van der Waals surface area (Å²) in [5.74, 6) is 0.314. The van der Waals surface area contributed by atoms with E-state index >= 15 is 0 Å². The van der Waals surface area contributed by atoms with Gasteiger partial charge >= 0.3 is 0 Å². The summed E-state index contributed by atoms with van der Waals surface area (Å²) in [5.41, 5.74) is 5.84. The third-order valence-corrected chi connectivity index (χ3v) is 5.78. The molecule has 18 heavy (non-hydrogen) atoms. The molecule has 0 aromatic carbocycles. The van der Waals surface area contributed by atoms with Crippen LogP contribution < -0.4 is 5.73 Å². The zero-order valence-corrected chi connectivity index (χ0v) is 11.7. The molecule has 0 amide bonds. The summed E-state index contributed by atoms with van der Waals surface area (Å²) in [6, 6.07) is 0.347.